The Morgan fingerprint density at radius 1 is 1.07 bits per heavy atom. The number of hydrogen-bond acceptors (Lipinski definition) is 2. The Hall–Kier alpha value is -0.140. The highest BCUT2D eigenvalue weighted by Gasteiger charge is 2.71. The van der Waals surface area contributed by atoms with Crippen LogP contribution in [0.5, 0.6) is 0 Å². The van der Waals surface area contributed by atoms with Gasteiger partial charge in [0.15, 0.2) is 0 Å². The molecular formula is C36H65IN2O2. The molecule has 9 atom stereocenters. The van der Waals surface area contributed by atoms with Crippen LogP contribution < -0.4 is 24.0 Å². The van der Waals surface area contributed by atoms with Gasteiger partial charge >= 0.3 is 5.97 Å². The van der Waals surface area contributed by atoms with Crippen molar-refractivity contribution in [3.63, 3.8) is 0 Å². The van der Waals surface area contributed by atoms with E-state index in [0.29, 0.717) is 22.2 Å². The molecule has 0 heterocycles. The van der Waals surface area contributed by atoms with Crippen LogP contribution in [0, 0.1) is 46.3 Å². The highest BCUT2D eigenvalue weighted by molar-refractivity contribution is 5.79. The Labute approximate surface area is 271 Å². The molecule has 4 nitrogen and oxygen atoms in total. The molecule has 0 bridgehead atoms. The molecule has 0 spiro atoms. The first kappa shape index (κ1) is 35.3. The second-order valence-corrected chi connectivity index (χ2v) is 17.0. The molecule has 238 valence electrons. The van der Waals surface area contributed by atoms with Gasteiger partial charge in [-0.1, -0.05) is 78.9 Å². The summed E-state index contributed by atoms with van der Waals surface area (Å²) < 4.78 is 0.472. The van der Waals surface area contributed by atoms with Crippen LogP contribution in [0.4, 0.5) is 0 Å². The molecule has 5 heteroatoms. The summed E-state index contributed by atoms with van der Waals surface area (Å²) in [6.07, 6.45) is 16.9. The number of fused-ring (bicyclic) bond motifs is 5. The number of aliphatic carboxylic acids is 1. The van der Waals surface area contributed by atoms with Gasteiger partial charge in [-0.25, -0.2) is 4.79 Å². The molecule has 0 aliphatic heterocycles. The fourth-order valence-corrected chi connectivity index (χ4v) is 11.6. The van der Waals surface area contributed by atoms with E-state index < -0.39 is 11.5 Å². The van der Waals surface area contributed by atoms with E-state index in [0.717, 1.165) is 55.3 Å². The lowest BCUT2D eigenvalue weighted by molar-refractivity contribution is -0.916. The molecule has 0 aromatic carbocycles. The lowest BCUT2D eigenvalue weighted by atomic mass is 9.40. The lowest BCUT2D eigenvalue weighted by Crippen LogP contribution is -3.00. The fraction of sp³-hybridized carbons (Fsp3) is 0.917. The van der Waals surface area contributed by atoms with Crippen LogP contribution in [-0.4, -0.2) is 66.8 Å². The van der Waals surface area contributed by atoms with E-state index in [2.05, 4.69) is 87.8 Å². The van der Waals surface area contributed by atoms with Gasteiger partial charge in [0.05, 0.1) is 21.1 Å². The summed E-state index contributed by atoms with van der Waals surface area (Å²) >= 11 is 0. The summed E-state index contributed by atoms with van der Waals surface area (Å²) in [4.78, 5) is 15.7. The van der Waals surface area contributed by atoms with Crippen molar-refractivity contribution in [3.8, 4) is 0 Å². The molecule has 0 saturated heterocycles. The third-order valence-corrected chi connectivity index (χ3v) is 13.9. The highest BCUT2D eigenvalue weighted by atomic mass is 127. The first-order valence-corrected chi connectivity index (χ1v) is 16.9. The van der Waals surface area contributed by atoms with Gasteiger partial charge < -0.3 is 38.5 Å². The van der Waals surface area contributed by atoms with Crippen LogP contribution in [0.2, 0.25) is 0 Å². The van der Waals surface area contributed by atoms with Crippen molar-refractivity contribution in [2.75, 3.05) is 35.2 Å². The Morgan fingerprint density at radius 3 is 2.27 bits per heavy atom. The fourth-order valence-electron chi connectivity index (χ4n) is 11.6. The number of quaternary nitrogens is 1. The predicted octanol–water partition coefficient (Wildman–Crippen LogP) is 5.27. The SMILES string of the molecule is CCCC1(N(C)C)CC(C(=O)O)([N+](C)(C)C)CC2=CC[C@H]3[C@@H]4CC[C@H]([C@H](C)CCCC(C)C)[C@@]4(C)CC[C@@H]3[C@]21C.[I-]. The van der Waals surface area contributed by atoms with Gasteiger partial charge in [0, 0.05) is 23.8 Å². The van der Waals surface area contributed by atoms with Crippen LogP contribution in [0.25, 0.3) is 0 Å². The number of rotatable bonds is 10. The first-order chi connectivity index (χ1) is 18.5. The van der Waals surface area contributed by atoms with Crippen molar-refractivity contribution in [1.29, 1.82) is 0 Å². The van der Waals surface area contributed by atoms with Crippen molar-refractivity contribution in [3.05, 3.63) is 11.6 Å². The van der Waals surface area contributed by atoms with Crippen molar-refractivity contribution in [1.82, 2.24) is 4.90 Å². The molecule has 4 aliphatic rings. The number of carbonyl (C=O) groups is 1. The second kappa shape index (κ2) is 12.3. The van der Waals surface area contributed by atoms with Gasteiger partial charge in [-0.05, 0) is 93.5 Å². The van der Waals surface area contributed by atoms with E-state index in [1.54, 1.807) is 0 Å². The van der Waals surface area contributed by atoms with Gasteiger partial charge in [-0.3, -0.25) is 0 Å². The number of allylic oxidation sites excluding steroid dienone is 1. The summed E-state index contributed by atoms with van der Waals surface area (Å²) in [5.41, 5.74) is 0.997. The minimum atomic E-state index is -0.801. The van der Waals surface area contributed by atoms with E-state index >= 15 is 0 Å². The highest BCUT2D eigenvalue weighted by Crippen LogP contribution is 2.71. The van der Waals surface area contributed by atoms with Crippen molar-refractivity contribution < 1.29 is 38.4 Å². The number of nitrogens with zero attached hydrogens (tertiary/aromatic N) is 2. The topological polar surface area (TPSA) is 40.5 Å². The molecule has 3 saturated carbocycles. The van der Waals surface area contributed by atoms with Gasteiger partial charge in [-0.2, -0.15) is 0 Å². The van der Waals surface area contributed by atoms with Crippen LogP contribution in [0.15, 0.2) is 11.6 Å². The van der Waals surface area contributed by atoms with Crippen molar-refractivity contribution in [2.24, 2.45) is 46.3 Å². The van der Waals surface area contributed by atoms with Gasteiger partial charge in [0.2, 0.25) is 5.54 Å². The minimum Gasteiger partial charge on any atom is -1.00 e. The molecule has 0 aromatic rings. The van der Waals surface area contributed by atoms with Crippen molar-refractivity contribution >= 4 is 5.97 Å². The summed E-state index contributed by atoms with van der Waals surface area (Å²) in [6, 6.07) is 0. The van der Waals surface area contributed by atoms with Gasteiger partial charge in [-0.15, -0.1) is 0 Å². The zero-order valence-electron chi connectivity index (χ0n) is 28.7. The van der Waals surface area contributed by atoms with E-state index in [-0.39, 0.29) is 34.9 Å². The normalized spacial score (nSPS) is 41.2. The molecule has 4 aliphatic carbocycles. The second-order valence-electron chi connectivity index (χ2n) is 17.0. The zero-order chi connectivity index (χ0) is 29.9. The van der Waals surface area contributed by atoms with Gasteiger partial charge in [0.1, 0.15) is 0 Å². The van der Waals surface area contributed by atoms with Crippen LogP contribution in [0.3, 0.4) is 0 Å². The third-order valence-electron chi connectivity index (χ3n) is 13.9. The Morgan fingerprint density at radius 2 is 1.73 bits per heavy atom. The number of carboxylic acids is 1. The first-order valence-electron chi connectivity index (χ1n) is 16.9. The molecule has 0 aromatic heterocycles. The molecule has 0 amide bonds. The lowest BCUT2D eigenvalue weighted by Gasteiger charge is -2.68. The van der Waals surface area contributed by atoms with Crippen LogP contribution >= 0.6 is 0 Å². The molecule has 0 radical (unpaired) electrons. The molecule has 3 fully saturated rings. The Kier molecular flexibility index (Phi) is 10.6. The van der Waals surface area contributed by atoms with E-state index in [4.69, 9.17) is 0 Å². The summed E-state index contributed by atoms with van der Waals surface area (Å²) in [6.45, 7) is 14.9. The largest absolute Gasteiger partial charge is 1.00 e. The summed E-state index contributed by atoms with van der Waals surface area (Å²) in [5.74, 6) is 4.07. The molecule has 4 rings (SSSR count). The Balaban J connectivity index is 0.00000462. The average Bonchev–Trinajstić information content (AvgIpc) is 3.20. The maximum absolute atomic E-state index is 13.2. The standard InChI is InChI=1S/C36H64N2O2.HI/c1-12-21-36(37(7)8)24-35(32(39)40,38(9,10)11)23-27-16-17-28-30-19-18-29(26(4)15-13-14-25(2)3)33(30,5)22-20-31(28)34(27,36)6;/h16,25-26,28-31H,12-15,17-24H2,1-11H3;1H/t26-,28+,29-,30+,31+,33-,34+,35?,36?;/m1./s1. The number of carboxylic acid groups (broad SMARTS) is 1. The number of halogens is 1. The van der Waals surface area contributed by atoms with Crippen LogP contribution in [-0.2, 0) is 4.79 Å². The molecular weight excluding hydrogens is 619 g/mol. The molecule has 1 N–H and O–H groups in total. The zero-order valence-corrected chi connectivity index (χ0v) is 30.8. The summed E-state index contributed by atoms with van der Waals surface area (Å²) in [5, 5.41) is 10.9. The smallest absolute Gasteiger partial charge is 0.366 e. The number of likely N-dealkylation sites (N-methyl/N-ethyl adjacent to an activating group) is 1. The minimum absolute atomic E-state index is 0. The van der Waals surface area contributed by atoms with E-state index in [9.17, 15) is 9.90 Å². The quantitative estimate of drug-likeness (QED) is 0.194. The van der Waals surface area contributed by atoms with Crippen molar-refractivity contribution in [2.45, 2.75) is 130 Å². The molecule has 41 heavy (non-hydrogen) atoms. The Bertz CT molecular complexity index is 971. The maximum Gasteiger partial charge on any atom is 0.366 e. The average molecular weight is 685 g/mol. The van der Waals surface area contributed by atoms with Crippen LogP contribution in [0.1, 0.15) is 119 Å². The third kappa shape index (κ3) is 5.40. The van der Waals surface area contributed by atoms with E-state index in [1.807, 2.05) is 0 Å². The van der Waals surface area contributed by atoms with E-state index in [1.165, 1.54) is 50.5 Å². The number of hydrogen-bond donors (Lipinski definition) is 1. The monoisotopic (exact) mass is 684 g/mol. The van der Waals surface area contributed by atoms with Gasteiger partial charge in [0.25, 0.3) is 0 Å². The maximum atomic E-state index is 13.2. The predicted molar refractivity (Wildman–Crippen MR) is 168 cm³/mol. The summed E-state index contributed by atoms with van der Waals surface area (Å²) in [7, 11) is 10.9. The molecule has 2 unspecified atom stereocenters.